The number of nitrogens with zero attached hydrogens (tertiary/aromatic N) is 2. The van der Waals surface area contributed by atoms with E-state index in [0.29, 0.717) is 32.5 Å². The number of primary amides is 2. The van der Waals surface area contributed by atoms with Crippen LogP contribution >= 0.6 is 0 Å². The van der Waals surface area contributed by atoms with Crippen LogP contribution in [0.2, 0.25) is 0 Å². The molecule has 0 unspecified atom stereocenters. The van der Waals surface area contributed by atoms with Crippen LogP contribution in [0, 0.1) is 5.92 Å². The van der Waals surface area contributed by atoms with Gasteiger partial charge in [-0.2, -0.15) is 0 Å². The molecule has 9 nitrogen and oxygen atoms in total. The van der Waals surface area contributed by atoms with Crippen LogP contribution < -0.4 is 28.9 Å². The van der Waals surface area contributed by atoms with Crippen LogP contribution in [0.25, 0.3) is 0 Å². The largest absolute Gasteiger partial charge is 0.350 e. The summed E-state index contributed by atoms with van der Waals surface area (Å²) in [5.74, 6) is 11.0. The molecule has 9 heteroatoms. The van der Waals surface area contributed by atoms with Gasteiger partial charge in [0.1, 0.15) is 0 Å². The summed E-state index contributed by atoms with van der Waals surface area (Å²) in [6.45, 7) is 1.18. The highest BCUT2D eigenvalue weighted by Gasteiger charge is 2.13. The number of urea groups is 2. The second-order valence-corrected chi connectivity index (χ2v) is 4.08. The van der Waals surface area contributed by atoms with E-state index >= 15 is 0 Å². The minimum absolute atomic E-state index is 0.200. The molecule has 0 saturated heterocycles. The molecule has 0 spiro atoms. The molecule has 4 amide bonds. The van der Waals surface area contributed by atoms with Gasteiger partial charge >= 0.3 is 12.1 Å². The Morgan fingerprint density at radius 3 is 1.56 bits per heavy atom. The van der Waals surface area contributed by atoms with Crippen molar-refractivity contribution < 1.29 is 9.59 Å². The summed E-state index contributed by atoms with van der Waals surface area (Å²) in [4.78, 5) is 21.5. The molecule has 0 aliphatic rings. The van der Waals surface area contributed by atoms with Crippen molar-refractivity contribution >= 4 is 12.1 Å². The summed E-state index contributed by atoms with van der Waals surface area (Å²) >= 11 is 0. The monoisotopic (exact) mass is 261 g/mol. The molecule has 106 valence electrons. The molecule has 0 saturated carbocycles. The molecular weight excluding hydrogens is 238 g/mol. The molecule has 0 aromatic rings. The average Bonchev–Trinajstić information content (AvgIpc) is 2.31. The smallest absolute Gasteiger partial charge is 0.328 e. The maximum Gasteiger partial charge on any atom is 0.328 e. The Hall–Kier alpha value is -1.58. The molecule has 0 aromatic heterocycles. The minimum atomic E-state index is -0.681. The van der Waals surface area contributed by atoms with Crippen molar-refractivity contribution in [2.75, 3.05) is 19.6 Å². The zero-order valence-corrected chi connectivity index (χ0v) is 10.4. The maximum atomic E-state index is 10.7. The van der Waals surface area contributed by atoms with Gasteiger partial charge in [-0.25, -0.2) is 21.3 Å². The van der Waals surface area contributed by atoms with E-state index in [1.807, 2.05) is 0 Å². The van der Waals surface area contributed by atoms with Gasteiger partial charge in [-0.1, -0.05) is 0 Å². The van der Waals surface area contributed by atoms with Gasteiger partial charge in [0.25, 0.3) is 0 Å². The fourth-order valence-electron chi connectivity index (χ4n) is 1.53. The second-order valence-electron chi connectivity index (χ2n) is 4.08. The first kappa shape index (κ1) is 16.4. The van der Waals surface area contributed by atoms with Crippen LogP contribution in [0.1, 0.15) is 19.3 Å². The fraction of sp³-hybridized carbons (Fsp3) is 0.778. The number of rotatable bonds is 8. The quantitative estimate of drug-likeness (QED) is 0.197. The molecule has 0 atom stereocenters. The lowest BCUT2D eigenvalue weighted by atomic mass is 9.97. The highest BCUT2D eigenvalue weighted by molar-refractivity contribution is 5.71. The lowest BCUT2D eigenvalue weighted by molar-refractivity contribution is 0.195. The predicted octanol–water partition coefficient (Wildman–Crippen LogP) is -1.76. The molecule has 0 aliphatic carbocycles. The van der Waals surface area contributed by atoms with Crippen LogP contribution in [0.3, 0.4) is 0 Å². The van der Waals surface area contributed by atoms with Crippen molar-refractivity contribution in [2.45, 2.75) is 19.3 Å². The predicted molar refractivity (Wildman–Crippen MR) is 67.3 cm³/mol. The van der Waals surface area contributed by atoms with Crippen molar-refractivity contribution in [3.05, 3.63) is 0 Å². The third-order valence-corrected chi connectivity index (χ3v) is 2.70. The van der Waals surface area contributed by atoms with Gasteiger partial charge in [0.15, 0.2) is 0 Å². The zero-order valence-electron chi connectivity index (χ0n) is 10.4. The van der Waals surface area contributed by atoms with E-state index in [4.69, 9.17) is 28.9 Å². The third-order valence-electron chi connectivity index (χ3n) is 2.70. The van der Waals surface area contributed by atoms with E-state index in [1.54, 1.807) is 0 Å². The zero-order chi connectivity index (χ0) is 14.1. The molecule has 0 bridgehead atoms. The Balaban J connectivity index is 4.06. The van der Waals surface area contributed by atoms with Crippen molar-refractivity contribution in [1.29, 1.82) is 0 Å². The molecule has 18 heavy (non-hydrogen) atoms. The molecule has 10 N–H and O–H groups in total. The summed E-state index contributed by atoms with van der Waals surface area (Å²) < 4.78 is 0. The van der Waals surface area contributed by atoms with Gasteiger partial charge < -0.3 is 17.2 Å². The normalized spacial score (nSPS) is 10.4. The Bertz CT molecular complexity index is 250. The van der Waals surface area contributed by atoms with Crippen LogP contribution in [0.4, 0.5) is 9.59 Å². The number of carbonyl (C=O) groups excluding carboxylic acids is 2. The van der Waals surface area contributed by atoms with Gasteiger partial charge in [0.05, 0.1) is 0 Å². The van der Waals surface area contributed by atoms with E-state index in [-0.39, 0.29) is 5.92 Å². The van der Waals surface area contributed by atoms with E-state index < -0.39 is 12.1 Å². The lowest BCUT2D eigenvalue weighted by Crippen LogP contribution is -2.44. The summed E-state index contributed by atoms with van der Waals surface area (Å²) in [6, 6.07) is -1.36. The Morgan fingerprint density at radius 1 is 0.889 bits per heavy atom. The highest BCUT2D eigenvalue weighted by atomic mass is 16.2. The number of carbonyl (C=O) groups is 2. The molecule has 0 aromatic carbocycles. The molecule has 0 heterocycles. The summed E-state index contributed by atoms with van der Waals surface area (Å²) in [6.07, 6.45) is 2.03. The van der Waals surface area contributed by atoms with E-state index in [2.05, 4.69) is 0 Å². The van der Waals surface area contributed by atoms with Gasteiger partial charge in [-0.15, -0.1) is 0 Å². The van der Waals surface area contributed by atoms with Crippen molar-refractivity contribution in [3.8, 4) is 0 Å². The second kappa shape index (κ2) is 8.50. The Kier molecular flexibility index (Phi) is 7.76. The Morgan fingerprint density at radius 2 is 1.28 bits per heavy atom. The van der Waals surface area contributed by atoms with E-state index in [9.17, 15) is 9.59 Å². The first-order valence-electron chi connectivity index (χ1n) is 5.71. The van der Waals surface area contributed by atoms with Crippen LogP contribution in [0.15, 0.2) is 0 Å². The van der Waals surface area contributed by atoms with Gasteiger partial charge in [0.2, 0.25) is 0 Å². The first-order valence-corrected chi connectivity index (χ1v) is 5.71. The van der Waals surface area contributed by atoms with Gasteiger partial charge in [0, 0.05) is 13.1 Å². The van der Waals surface area contributed by atoms with Crippen molar-refractivity contribution in [2.24, 2.45) is 34.8 Å². The summed E-state index contributed by atoms with van der Waals surface area (Å²) in [5, 5.41) is 1.88. The number of hydrazine groups is 2. The van der Waals surface area contributed by atoms with Crippen molar-refractivity contribution in [3.63, 3.8) is 0 Å². The third kappa shape index (κ3) is 6.89. The number of amides is 4. The standard InChI is InChI=1S/C9H23N7O2/c10-4-1-7(2-5-15(13)8(11)17)3-6-16(14)9(12)18/h7H,1-6,10,13-14H2,(H2,11,17)(H2,12,18). The highest BCUT2D eigenvalue weighted by Crippen LogP contribution is 2.13. The molecular formula is C9H23N7O2. The topological polar surface area (TPSA) is 171 Å². The van der Waals surface area contributed by atoms with E-state index in [1.165, 1.54) is 0 Å². The SMILES string of the molecule is NCCC(CCN(N)C(N)=O)CCN(N)C(N)=O. The van der Waals surface area contributed by atoms with Gasteiger partial charge in [-0.05, 0) is 31.7 Å². The average molecular weight is 261 g/mol. The minimum Gasteiger partial charge on any atom is -0.350 e. The van der Waals surface area contributed by atoms with Crippen molar-refractivity contribution in [1.82, 2.24) is 10.0 Å². The fourth-order valence-corrected chi connectivity index (χ4v) is 1.53. The Labute approximate surface area is 106 Å². The first-order chi connectivity index (χ1) is 8.38. The lowest BCUT2D eigenvalue weighted by Gasteiger charge is -2.22. The molecule has 0 aliphatic heterocycles. The molecule has 0 fully saturated rings. The maximum absolute atomic E-state index is 10.7. The summed E-state index contributed by atoms with van der Waals surface area (Å²) in [7, 11) is 0. The van der Waals surface area contributed by atoms with Crippen LogP contribution in [0.5, 0.6) is 0 Å². The number of hydrogen-bond acceptors (Lipinski definition) is 5. The van der Waals surface area contributed by atoms with Crippen LogP contribution in [-0.4, -0.2) is 41.7 Å². The molecule has 0 rings (SSSR count). The van der Waals surface area contributed by atoms with Gasteiger partial charge in [-0.3, -0.25) is 10.0 Å². The molecule has 0 radical (unpaired) electrons. The number of hydrogen-bond donors (Lipinski definition) is 5. The number of nitrogens with two attached hydrogens (primary N) is 5. The summed E-state index contributed by atoms with van der Waals surface area (Å²) in [5.41, 5.74) is 15.5. The van der Waals surface area contributed by atoms with E-state index in [0.717, 1.165) is 16.4 Å². The van der Waals surface area contributed by atoms with Crippen LogP contribution in [-0.2, 0) is 0 Å².